The average Bonchev–Trinajstić information content (AvgIpc) is 2.97. The first-order chi connectivity index (χ1) is 18.9. The lowest BCUT2D eigenvalue weighted by Crippen LogP contribution is -2.40. The number of nitrogens with zero attached hydrogens (tertiary/aromatic N) is 3. The number of aryl methyl sites for hydroxylation is 1. The standard InChI is InChI=1S/C31H33N3O5/c1-21-8-7-9-23(16-21)20-33-26-18-28(39-3)27(38-2)17-25(26)30(36)34(31(33)37)19-22-10-12-24(13-11-22)29(35)32-14-5-4-6-15-32/h7-13,16-18H,4-6,14-15,19-20H2,1-3H3. The van der Waals surface area contributed by atoms with Crippen molar-refractivity contribution in [2.45, 2.75) is 39.3 Å². The smallest absolute Gasteiger partial charge is 0.332 e. The third kappa shape index (κ3) is 5.32. The van der Waals surface area contributed by atoms with E-state index in [1.165, 1.54) is 18.8 Å². The summed E-state index contributed by atoms with van der Waals surface area (Å²) in [5.74, 6) is 0.870. The van der Waals surface area contributed by atoms with Gasteiger partial charge in [-0.05, 0) is 55.5 Å². The van der Waals surface area contributed by atoms with Gasteiger partial charge in [-0.2, -0.15) is 0 Å². The minimum absolute atomic E-state index is 0.0191. The maximum atomic E-state index is 13.8. The molecule has 0 aliphatic carbocycles. The summed E-state index contributed by atoms with van der Waals surface area (Å²) in [5.41, 5.74) is 3.03. The molecule has 8 nitrogen and oxygen atoms in total. The topological polar surface area (TPSA) is 82.8 Å². The van der Waals surface area contributed by atoms with Gasteiger partial charge >= 0.3 is 5.69 Å². The Morgan fingerprint density at radius 2 is 1.46 bits per heavy atom. The van der Waals surface area contributed by atoms with E-state index in [0.29, 0.717) is 28.0 Å². The van der Waals surface area contributed by atoms with E-state index in [-0.39, 0.29) is 19.0 Å². The van der Waals surface area contributed by atoms with Crippen LogP contribution in [0.4, 0.5) is 0 Å². The van der Waals surface area contributed by atoms with Crippen LogP contribution in [0, 0.1) is 6.92 Å². The summed E-state index contributed by atoms with van der Waals surface area (Å²) in [6.07, 6.45) is 3.21. The molecule has 3 aromatic carbocycles. The first-order valence-electron chi connectivity index (χ1n) is 13.2. The van der Waals surface area contributed by atoms with Crippen LogP contribution in [0.5, 0.6) is 11.5 Å². The fourth-order valence-corrected chi connectivity index (χ4v) is 5.24. The van der Waals surface area contributed by atoms with Crippen molar-refractivity contribution in [3.05, 3.63) is 104 Å². The van der Waals surface area contributed by atoms with Crippen LogP contribution in [0.3, 0.4) is 0 Å². The Balaban J connectivity index is 1.57. The van der Waals surface area contributed by atoms with Crippen molar-refractivity contribution in [3.8, 4) is 11.5 Å². The van der Waals surface area contributed by atoms with Crippen LogP contribution in [0.2, 0.25) is 0 Å². The number of benzene rings is 3. The number of methoxy groups -OCH3 is 2. The molecule has 0 spiro atoms. The van der Waals surface area contributed by atoms with Gasteiger partial charge in [0, 0.05) is 24.7 Å². The summed E-state index contributed by atoms with van der Waals surface area (Å²) in [4.78, 5) is 42.2. The Morgan fingerprint density at radius 3 is 2.13 bits per heavy atom. The van der Waals surface area contributed by atoms with Crippen LogP contribution in [0.25, 0.3) is 10.9 Å². The molecule has 1 aliphatic rings. The van der Waals surface area contributed by atoms with Crippen LogP contribution >= 0.6 is 0 Å². The summed E-state index contributed by atoms with van der Waals surface area (Å²) in [6.45, 7) is 3.92. The largest absolute Gasteiger partial charge is 0.493 e. The van der Waals surface area contributed by atoms with Crippen molar-refractivity contribution in [2.24, 2.45) is 0 Å². The summed E-state index contributed by atoms with van der Waals surface area (Å²) in [7, 11) is 3.03. The molecule has 8 heteroatoms. The van der Waals surface area contributed by atoms with Crippen molar-refractivity contribution in [3.63, 3.8) is 0 Å². The SMILES string of the molecule is COc1cc2c(=O)n(Cc3ccc(C(=O)N4CCCCC4)cc3)c(=O)n(Cc3cccc(C)c3)c2cc1OC. The highest BCUT2D eigenvalue weighted by atomic mass is 16.5. The molecular weight excluding hydrogens is 494 g/mol. The van der Waals surface area contributed by atoms with Gasteiger partial charge in [-0.15, -0.1) is 0 Å². The Kier molecular flexibility index (Phi) is 7.54. The molecule has 1 aliphatic heterocycles. The summed E-state index contributed by atoms with van der Waals surface area (Å²) < 4.78 is 13.8. The lowest BCUT2D eigenvalue weighted by molar-refractivity contribution is 0.0724. The van der Waals surface area contributed by atoms with E-state index in [1.807, 2.05) is 48.2 Å². The first-order valence-corrected chi connectivity index (χ1v) is 13.2. The van der Waals surface area contributed by atoms with E-state index in [0.717, 1.165) is 49.0 Å². The monoisotopic (exact) mass is 527 g/mol. The molecule has 5 rings (SSSR count). The number of carbonyl (C=O) groups excluding carboxylic acids is 1. The van der Waals surface area contributed by atoms with E-state index in [4.69, 9.17) is 9.47 Å². The molecule has 0 N–H and O–H groups in total. The highest BCUT2D eigenvalue weighted by Gasteiger charge is 2.20. The van der Waals surface area contributed by atoms with Crippen molar-refractivity contribution in [2.75, 3.05) is 27.3 Å². The Labute approximate surface area is 227 Å². The van der Waals surface area contributed by atoms with Gasteiger partial charge in [-0.25, -0.2) is 4.79 Å². The maximum absolute atomic E-state index is 13.8. The van der Waals surface area contributed by atoms with Gasteiger partial charge in [0.25, 0.3) is 11.5 Å². The van der Waals surface area contributed by atoms with E-state index >= 15 is 0 Å². The van der Waals surface area contributed by atoms with Crippen molar-refractivity contribution in [1.29, 1.82) is 0 Å². The number of carbonyl (C=O) groups is 1. The van der Waals surface area contributed by atoms with Gasteiger partial charge in [0.05, 0.1) is 38.2 Å². The highest BCUT2D eigenvalue weighted by molar-refractivity contribution is 5.94. The van der Waals surface area contributed by atoms with Gasteiger partial charge in [0.1, 0.15) is 0 Å². The molecule has 0 radical (unpaired) electrons. The molecule has 1 fully saturated rings. The number of hydrogen-bond acceptors (Lipinski definition) is 5. The van der Waals surface area contributed by atoms with Crippen LogP contribution in [0.15, 0.2) is 70.3 Å². The lowest BCUT2D eigenvalue weighted by Gasteiger charge is -2.26. The second-order valence-corrected chi connectivity index (χ2v) is 10.0. The maximum Gasteiger partial charge on any atom is 0.332 e. The number of fused-ring (bicyclic) bond motifs is 1. The molecule has 202 valence electrons. The average molecular weight is 528 g/mol. The van der Waals surface area contributed by atoms with E-state index < -0.39 is 11.2 Å². The van der Waals surface area contributed by atoms with Crippen LogP contribution in [-0.2, 0) is 13.1 Å². The molecule has 0 bridgehead atoms. The number of amides is 1. The fourth-order valence-electron chi connectivity index (χ4n) is 5.24. The Bertz CT molecular complexity index is 1630. The van der Waals surface area contributed by atoms with Crippen molar-refractivity contribution >= 4 is 16.8 Å². The number of rotatable bonds is 7. The molecule has 39 heavy (non-hydrogen) atoms. The van der Waals surface area contributed by atoms with Gasteiger partial charge in [-0.1, -0.05) is 42.0 Å². The van der Waals surface area contributed by atoms with Crippen LogP contribution < -0.4 is 20.7 Å². The molecule has 0 atom stereocenters. The highest BCUT2D eigenvalue weighted by Crippen LogP contribution is 2.30. The third-order valence-corrected chi connectivity index (χ3v) is 7.34. The second kappa shape index (κ2) is 11.2. The van der Waals surface area contributed by atoms with Crippen molar-refractivity contribution in [1.82, 2.24) is 14.0 Å². The van der Waals surface area contributed by atoms with Gasteiger partial charge < -0.3 is 14.4 Å². The number of piperidine rings is 1. The summed E-state index contributed by atoms with van der Waals surface area (Å²) >= 11 is 0. The molecule has 0 saturated carbocycles. The third-order valence-electron chi connectivity index (χ3n) is 7.34. The van der Waals surface area contributed by atoms with E-state index in [2.05, 4.69) is 0 Å². The number of likely N-dealkylation sites (tertiary alicyclic amines) is 1. The minimum atomic E-state index is -0.422. The molecule has 1 aromatic heterocycles. The number of hydrogen-bond donors (Lipinski definition) is 0. The predicted octanol–water partition coefficient (Wildman–Crippen LogP) is 4.21. The Hall–Kier alpha value is -4.33. The molecular formula is C31H33N3O5. The molecule has 4 aromatic rings. The summed E-state index contributed by atoms with van der Waals surface area (Å²) in [5, 5.41) is 0.358. The van der Waals surface area contributed by atoms with E-state index in [1.54, 1.807) is 28.8 Å². The van der Waals surface area contributed by atoms with Gasteiger partial charge in [-0.3, -0.25) is 18.7 Å². The molecule has 2 heterocycles. The quantitative estimate of drug-likeness (QED) is 0.360. The molecule has 0 unspecified atom stereocenters. The van der Waals surface area contributed by atoms with Crippen molar-refractivity contribution < 1.29 is 14.3 Å². The molecule has 1 saturated heterocycles. The van der Waals surface area contributed by atoms with Gasteiger partial charge in [0.15, 0.2) is 11.5 Å². The first kappa shape index (κ1) is 26.3. The van der Waals surface area contributed by atoms with Crippen LogP contribution in [-0.4, -0.2) is 47.3 Å². The number of ether oxygens (including phenoxy) is 2. The zero-order valence-corrected chi connectivity index (χ0v) is 22.6. The van der Waals surface area contributed by atoms with E-state index in [9.17, 15) is 14.4 Å². The fraction of sp³-hybridized carbons (Fsp3) is 0.323. The lowest BCUT2D eigenvalue weighted by atomic mass is 10.1. The zero-order valence-electron chi connectivity index (χ0n) is 22.6. The van der Waals surface area contributed by atoms with Gasteiger partial charge in [0.2, 0.25) is 0 Å². The number of aromatic nitrogens is 2. The summed E-state index contributed by atoms with van der Waals surface area (Å²) in [6, 6.07) is 18.4. The Morgan fingerprint density at radius 1 is 0.795 bits per heavy atom. The second-order valence-electron chi connectivity index (χ2n) is 10.0. The van der Waals surface area contributed by atoms with Crippen LogP contribution in [0.1, 0.15) is 46.3 Å². The molecule has 1 amide bonds. The zero-order chi connectivity index (χ0) is 27.5. The minimum Gasteiger partial charge on any atom is -0.493 e. The normalized spacial score (nSPS) is 13.5. The predicted molar refractivity (Wildman–Crippen MR) is 151 cm³/mol.